The number of rotatable bonds is 5. The third kappa shape index (κ3) is 3.24. The second-order valence-electron chi connectivity index (χ2n) is 3.80. The normalized spacial score (nSPS) is 21.0. The molecule has 0 aromatic carbocycles. The van der Waals surface area contributed by atoms with Gasteiger partial charge in [-0.3, -0.25) is 0 Å². The molecule has 1 aliphatic heterocycles. The Bertz CT molecular complexity index is 294. The van der Waals surface area contributed by atoms with E-state index in [2.05, 4.69) is 20.7 Å². The van der Waals surface area contributed by atoms with Crippen molar-refractivity contribution < 1.29 is 4.74 Å². The maximum absolute atomic E-state index is 5.52. The van der Waals surface area contributed by atoms with Crippen LogP contribution in [-0.4, -0.2) is 39.5 Å². The van der Waals surface area contributed by atoms with Crippen molar-refractivity contribution in [3.63, 3.8) is 0 Å². The lowest BCUT2D eigenvalue weighted by Gasteiger charge is -2.08. The van der Waals surface area contributed by atoms with Gasteiger partial charge in [-0.15, -0.1) is 10.2 Å². The highest BCUT2D eigenvalue weighted by molar-refractivity contribution is 4.75. The summed E-state index contributed by atoms with van der Waals surface area (Å²) in [7, 11) is 1.77. The summed E-state index contributed by atoms with van der Waals surface area (Å²) in [4.78, 5) is 1.47. The van der Waals surface area contributed by atoms with Crippen LogP contribution in [-0.2, 0) is 18.3 Å². The molecule has 15 heavy (non-hydrogen) atoms. The zero-order valence-corrected chi connectivity index (χ0v) is 9.02. The fourth-order valence-electron chi connectivity index (χ4n) is 1.73. The lowest BCUT2D eigenvalue weighted by atomic mass is 10.2. The average molecular weight is 211 g/mol. The number of nitrogens with zero attached hydrogens (tertiary/aromatic N) is 4. The van der Waals surface area contributed by atoms with Crippen LogP contribution in [0.3, 0.4) is 0 Å². The zero-order chi connectivity index (χ0) is 10.5. The highest BCUT2D eigenvalue weighted by Gasteiger charge is 2.14. The van der Waals surface area contributed by atoms with Crippen LogP contribution in [0, 0.1) is 0 Å². The number of aromatic nitrogens is 4. The fraction of sp³-hybridized carbons (Fsp3) is 0.889. The molecule has 1 atom stereocenters. The molecule has 0 amide bonds. The first-order valence-electron chi connectivity index (χ1n) is 5.40. The summed E-state index contributed by atoms with van der Waals surface area (Å²) in [6.45, 7) is 2.56. The first-order chi connectivity index (χ1) is 7.34. The van der Waals surface area contributed by atoms with Gasteiger partial charge in [-0.25, -0.2) is 0 Å². The third-order valence-electron chi connectivity index (χ3n) is 2.50. The van der Waals surface area contributed by atoms with Crippen molar-refractivity contribution in [2.45, 2.75) is 31.9 Å². The molecule has 1 saturated heterocycles. The van der Waals surface area contributed by atoms with Gasteiger partial charge in [0.25, 0.3) is 0 Å². The van der Waals surface area contributed by atoms with Crippen molar-refractivity contribution in [2.24, 2.45) is 7.05 Å². The minimum absolute atomic E-state index is 0.451. The molecule has 1 aliphatic rings. The van der Waals surface area contributed by atoms with Crippen LogP contribution in [0.1, 0.15) is 25.1 Å². The highest BCUT2D eigenvalue weighted by Crippen LogP contribution is 2.14. The van der Waals surface area contributed by atoms with Crippen LogP contribution < -0.4 is 5.32 Å². The van der Waals surface area contributed by atoms with E-state index in [-0.39, 0.29) is 0 Å². The molecule has 6 heteroatoms. The maximum atomic E-state index is 5.52. The minimum atomic E-state index is 0.451. The Morgan fingerprint density at radius 1 is 1.60 bits per heavy atom. The van der Waals surface area contributed by atoms with Crippen LogP contribution in [0.4, 0.5) is 0 Å². The van der Waals surface area contributed by atoms with E-state index in [4.69, 9.17) is 4.74 Å². The van der Waals surface area contributed by atoms with E-state index in [0.29, 0.717) is 12.6 Å². The third-order valence-corrected chi connectivity index (χ3v) is 2.50. The fourth-order valence-corrected chi connectivity index (χ4v) is 1.73. The van der Waals surface area contributed by atoms with Crippen LogP contribution in [0.25, 0.3) is 0 Å². The van der Waals surface area contributed by atoms with Gasteiger partial charge in [0.1, 0.15) is 0 Å². The van der Waals surface area contributed by atoms with E-state index >= 15 is 0 Å². The van der Waals surface area contributed by atoms with E-state index < -0.39 is 0 Å². The van der Waals surface area contributed by atoms with Gasteiger partial charge in [0.15, 0.2) is 5.82 Å². The molecule has 1 aromatic rings. The van der Waals surface area contributed by atoms with Crippen LogP contribution in [0.15, 0.2) is 0 Å². The van der Waals surface area contributed by atoms with Crippen LogP contribution in [0.2, 0.25) is 0 Å². The number of nitrogens with one attached hydrogen (secondary N) is 1. The Labute approximate surface area is 89.0 Å². The quantitative estimate of drug-likeness (QED) is 0.687. The Morgan fingerprint density at radius 3 is 3.20 bits per heavy atom. The van der Waals surface area contributed by atoms with Gasteiger partial charge in [0.05, 0.1) is 19.7 Å². The van der Waals surface area contributed by atoms with E-state index in [1.54, 1.807) is 7.05 Å². The minimum Gasteiger partial charge on any atom is -0.378 e. The molecule has 6 nitrogen and oxygen atoms in total. The standard InChI is InChI=1S/C9H17N5O/c1-14-12-9(11-13-14)7-10-5-4-8-3-2-6-15-8/h8,10H,2-7H2,1H3. The Balaban J connectivity index is 1.58. The van der Waals surface area contributed by atoms with Crippen molar-refractivity contribution in [1.82, 2.24) is 25.5 Å². The van der Waals surface area contributed by atoms with Crippen LogP contribution in [0.5, 0.6) is 0 Å². The number of aryl methyl sites for hydroxylation is 1. The van der Waals surface area contributed by atoms with Crippen LogP contribution >= 0.6 is 0 Å². The molecule has 1 unspecified atom stereocenters. The summed E-state index contributed by atoms with van der Waals surface area (Å²) < 4.78 is 5.52. The summed E-state index contributed by atoms with van der Waals surface area (Å²) >= 11 is 0. The highest BCUT2D eigenvalue weighted by atomic mass is 16.5. The molecule has 1 aromatic heterocycles. The largest absolute Gasteiger partial charge is 0.378 e. The number of ether oxygens (including phenoxy) is 1. The lowest BCUT2D eigenvalue weighted by Crippen LogP contribution is -2.20. The molecule has 2 heterocycles. The Morgan fingerprint density at radius 2 is 2.53 bits per heavy atom. The molecular formula is C9H17N5O. The topological polar surface area (TPSA) is 64.9 Å². The Hall–Kier alpha value is -1.01. The predicted octanol–water partition coefficient (Wildman–Crippen LogP) is -0.131. The molecule has 0 bridgehead atoms. The SMILES string of the molecule is Cn1nnc(CNCCC2CCCO2)n1. The van der Waals surface area contributed by atoms with Crippen molar-refractivity contribution in [3.8, 4) is 0 Å². The van der Waals surface area contributed by atoms with Gasteiger partial charge in [-0.05, 0) is 31.0 Å². The molecule has 84 valence electrons. The number of tetrazole rings is 1. The summed E-state index contributed by atoms with van der Waals surface area (Å²) in [6.07, 6.45) is 3.93. The number of hydrogen-bond donors (Lipinski definition) is 1. The molecular weight excluding hydrogens is 194 g/mol. The maximum Gasteiger partial charge on any atom is 0.188 e. The zero-order valence-electron chi connectivity index (χ0n) is 9.02. The second-order valence-corrected chi connectivity index (χ2v) is 3.80. The van der Waals surface area contributed by atoms with E-state index in [0.717, 1.165) is 25.4 Å². The van der Waals surface area contributed by atoms with Gasteiger partial charge >= 0.3 is 0 Å². The van der Waals surface area contributed by atoms with Gasteiger partial charge in [-0.1, -0.05) is 0 Å². The average Bonchev–Trinajstić information content (AvgIpc) is 2.84. The van der Waals surface area contributed by atoms with E-state index in [1.807, 2.05) is 0 Å². The van der Waals surface area contributed by atoms with Crippen molar-refractivity contribution in [3.05, 3.63) is 5.82 Å². The number of hydrogen-bond acceptors (Lipinski definition) is 5. The van der Waals surface area contributed by atoms with Gasteiger partial charge in [0, 0.05) is 6.61 Å². The molecule has 0 spiro atoms. The van der Waals surface area contributed by atoms with Gasteiger partial charge in [0.2, 0.25) is 0 Å². The summed E-state index contributed by atoms with van der Waals surface area (Å²) in [5.74, 6) is 0.741. The molecule has 1 N–H and O–H groups in total. The molecule has 0 saturated carbocycles. The van der Waals surface area contributed by atoms with Crippen molar-refractivity contribution in [2.75, 3.05) is 13.2 Å². The summed E-state index contributed by atoms with van der Waals surface area (Å²) in [5.41, 5.74) is 0. The smallest absolute Gasteiger partial charge is 0.188 e. The Kier molecular flexibility index (Phi) is 3.63. The van der Waals surface area contributed by atoms with Gasteiger partial charge < -0.3 is 10.1 Å². The van der Waals surface area contributed by atoms with E-state index in [9.17, 15) is 0 Å². The summed E-state index contributed by atoms with van der Waals surface area (Å²) in [5, 5.41) is 15.0. The predicted molar refractivity (Wildman–Crippen MR) is 54.1 cm³/mol. The molecule has 0 radical (unpaired) electrons. The molecule has 1 fully saturated rings. The lowest BCUT2D eigenvalue weighted by molar-refractivity contribution is 0.104. The first-order valence-corrected chi connectivity index (χ1v) is 5.40. The first kappa shape index (κ1) is 10.5. The molecule has 2 rings (SSSR count). The summed E-state index contributed by atoms with van der Waals surface area (Å²) in [6, 6.07) is 0. The van der Waals surface area contributed by atoms with Gasteiger partial charge in [-0.2, -0.15) is 4.80 Å². The molecule has 0 aliphatic carbocycles. The monoisotopic (exact) mass is 211 g/mol. The van der Waals surface area contributed by atoms with Crippen molar-refractivity contribution >= 4 is 0 Å². The second kappa shape index (κ2) is 5.18. The van der Waals surface area contributed by atoms with E-state index in [1.165, 1.54) is 17.6 Å². The van der Waals surface area contributed by atoms with Crippen molar-refractivity contribution in [1.29, 1.82) is 0 Å².